The monoisotopic (exact) mass is 173 g/mol. The largest absolute Gasteiger partial charge is 0.462 e. The van der Waals surface area contributed by atoms with E-state index in [1.165, 1.54) is 0 Å². The molecule has 0 aromatic heterocycles. The molecule has 0 radical (unpaired) electrons. The first-order valence-electron chi connectivity index (χ1n) is 4.01. The molecule has 1 heterocycles. The predicted octanol–water partition coefficient (Wildman–Crippen LogP) is 1.27. The molecule has 0 saturated carbocycles. The minimum Gasteiger partial charge on any atom is -0.462 e. The number of fused-ring (bicyclic) bond motifs is 1. The van der Waals surface area contributed by atoms with Crippen molar-refractivity contribution in [3.63, 3.8) is 0 Å². The molecule has 0 amide bonds. The fourth-order valence-corrected chi connectivity index (χ4v) is 1.39. The average molecular weight is 173 g/mol. The number of esters is 1. The summed E-state index contributed by atoms with van der Waals surface area (Å²) < 4.78 is 4.86. The summed E-state index contributed by atoms with van der Waals surface area (Å²) in [5.41, 5.74) is 2.00. The first kappa shape index (κ1) is 7.81. The van der Waals surface area contributed by atoms with Gasteiger partial charge in [-0.2, -0.15) is 5.26 Å². The third-order valence-electron chi connectivity index (χ3n) is 2.06. The summed E-state index contributed by atoms with van der Waals surface area (Å²) >= 11 is 0. The van der Waals surface area contributed by atoms with E-state index >= 15 is 0 Å². The number of nitrogens with zero attached hydrogens (tertiary/aromatic N) is 1. The maximum absolute atomic E-state index is 11.2. The first-order valence-corrected chi connectivity index (χ1v) is 4.01. The maximum Gasteiger partial charge on any atom is 0.338 e. The van der Waals surface area contributed by atoms with E-state index in [9.17, 15) is 4.79 Å². The number of benzene rings is 1. The summed E-state index contributed by atoms with van der Waals surface area (Å²) in [6.45, 7) is 0.442. The second-order valence-electron chi connectivity index (χ2n) is 2.87. The fourth-order valence-electron chi connectivity index (χ4n) is 1.39. The molecule has 0 fully saturated rings. The Morgan fingerprint density at radius 3 is 3.08 bits per heavy atom. The Bertz CT molecular complexity index is 404. The van der Waals surface area contributed by atoms with E-state index in [-0.39, 0.29) is 5.97 Å². The zero-order chi connectivity index (χ0) is 9.26. The summed E-state index contributed by atoms with van der Waals surface area (Å²) in [6.07, 6.45) is 0.743. The molecule has 0 N–H and O–H groups in total. The quantitative estimate of drug-likeness (QED) is 0.555. The Labute approximate surface area is 75.6 Å². The molecule has 0 bridgehead atoms. The Morgan fingerprint density at radius 1 is 1.46 bits per heavy atom. The Morgan fingerprint density at radius 2 is 2.31 bits per heavy atom. The highest BCUT2D eigenvalue weighted by atomic mass is 16.5. The van der Waals surface area contributed by atoms with E-state index < -0.39 is 0 Å². The average Bonchev–Trinajstić information content (AvgIpc) is 2.18. The highest BCUT2D eigenvalue weighted by Gasteiger charge is 2.18. The van der Waals surface area contributed by atoms with Crippen LogP contribution in [-0.4, -0.2) is 12.6 Å². The van der Waals surface area contributed by atoms with Crippen molar-refractivity contribution in [2.24, 2.45) is 0 Å². The van der Waals surface area contributed by atoms with Gasteiger partial charge in [-0.25, -0.2) is 4.79 Å². The molecule has 2 rings (SSSR count). The lowest BCUT2D eigenvalue weighted by atomic mass is 10.0. The Hall–Kier alpha value is -1.82. The van der Waals surface area contributed by atoms with Crippen molar-refractivity contribution in [3.8, 4) is 6.07 Å². The normalized spacial score (nSPS) is 14.2. The SMILES string of the molecule is N#Cc1ccc2c(c1)C(=O)OCC2. The lowest BCUT2D eigenvalue weighted by molar-refractivity contribution is 0.0480. The molecule has 1 aromatic carbocycles. The van der Waals surface area contributed by atoms with Crippen LogP contribution in [0.4, 0.5) is 0 Å². The van der Waals surface area contributed by atoms with Crippen LogP contribution in [0.1, 0.15) is 21.5 Å². The maximum atomic E-state index is 11.2. The molecule has 3 nitrogen and oxygen atoms in total. The van der Waals surface area contributed by atoms with Gasteiger partial charge in [0.05, 0.1) is 23.8 Å². The number of hydrogen-bond donors (Lipinski definition) is 0. The van der Waals surface area contributed by atoms with Crippen molar-refractivity contribution in [1.82, 2.24) is 0 Å². The van der Waals surface area contributed by atoms with E-state index in [1.54, 1.807) is 12.1 Å². The number of carbonyl (C=O) groups is 1. The van der Waals surface area contributed by atoms with Crippen molar-refractivity contribution in [3.05, 3.63) is 34.9 Å². The van der Waals surface area contributed by atoms with Gasteiger partial charge in [-0.3, -0.25) is 0 Å². The van der Waals surface area contributed by atoms with Gasteiger partial charge in [0.25, 0.3) is 0 Å². The van der Waals surface area contributed by atoms with Gasteiger partial charge in [0.1, 0.15) is 0 Å². The van der Waals surface area contributed by atoms with Crippen LogP contribution < -0.4 is 0 Å². The van der Waals surface area contributed by atoms with Crippen LogP contribution in [0.15, 0.2) is 18.2 Å². The van der Waals surface area contributed by atoms with Crippen molar-refractivity contribution >= 4 is 5.97 Å². The second-order valence-corrected chi connectivity index (χ2v) is 2.87. The lowest BCUT2D eigenvalue weighted by Crippen LogP contribution is -2.17. The zero-order valence-electron chi connectivity index (χ0n) is 6.91. The van der Waals surface area contributed by atoms with Crippen LogP contribution >= 0.6 is 0 Å². The minimum absolute atomic E-state index is 0.321. The van der Waals surface area contributed by atoms with Crippen molar-refractivity contribution in [2.45, 2.75) is 6.42 Å². The molecule has 3 heteroatoms. The van der Waals surface area contributed by atoms with Gasteiger partial charge < -0.3 is 4.74 Å². The molecule has 1 aromatic rings. The molecule has 1 aliphatic rings. The molecule has 0 spiro atoms. The van der Waals surface area contributed by atoms with Crippen LogP contribution in [0.2, 0.25) is 0 Å². The molecular formula is C10H7NO2. The smallest absolute Gasteiger partial charge is 0.338 e. The molecule has 0 atom stereocenters. The Kier molecular flexibility index (Phi) is 1.75. The summed E-state index contributed by atoms with van der Waals surface area (Å²) in [4.78, 5) is 11.2. The highest BCUT2D eigenvalue weighted by molar-refractivity contribution is 5.92. The van der Waals surface area contributed by atoms with Crippen LogP contribution in [-0.2, 0) is 11.2 Å². The Balaban J connectivity index is 2.55. The van der Waals surface area contributed by atoms with Crippen LogP contribution in [0.3, 0.4) is 0 Å². The summed E-state index contributed by atoms with van der Waals surface area (Å²) in [5, 5.41) is 8.62. The van der Waals surface area contributed by atoms with Crippen LogP contribution in [0, 0.1) is 11.3 Å². The molecule has 13 heavy (non-hydrogen) atoms. The minimum atomic E-state index is -0.321. The second kappa shape index (κ2) is 2.91. The third kappa shape index (κ3) is 1.27. The van der Waals surface area contributed by atoms with Crippen molar-refractivity contribution < 1.29 is 9.53 Å². The number of rotatable bonds is 0. The third-order valence-corrected chi connectivity index (χ3v) is 2.06. The predicted molar refractivity (Wildman–Crippen MR) is 45.1 cm³/mol. The standard InChI is InChI=1S/C10H7NO2/c11-6-7-1-2-8-3-4-13-10(12)9(8)5-7/h1-2,5H,3-4H2. The fraction of sp³-hybridized carbons (Fsp3) is 0.200. The van der Waals surface area contributed by atoms with Crippen LogP contribution in [0.5, 0.6) is 0 Å². The van der Waals surface area contributed by atoms with E-state index in [1.807, 2.05) is 12.1 Å². The van der Waals surface area contributed by atoms with E-state index in [4.69, 9.17) is 10.00 Å². The molecular weight excluding hydrogens is 166 g/mol. The highest BCUT2D eigenvalue weighted by Crippen LogP contribution is 2.17. The van der Waals surface area contributed by atoms with E-state index in [2.05, 4.69) is 0 Å². The van der Waals surface area contributed by atoms with Crippen LogP contribution in [0.25, 0.3) is 0 Å². The van der Waals surface area contributed by atoms with Gasteiger partial charge in [-0.05, 0) is 17.7 Å². The topological polar surface area (TPSA) is 50.1 Å². The lowest BCUT2D eigenvalue weighted by Gasteiger charge is -2.14. The van der Waals surface area contributed by atoms with Gasteiger partial charge in [0.15, 0.2) is 0 Å². The van der Waals surface area contributed by atoms with E-state index in [0.29, 0.717) is 17.7 Å². The molecule has 1 aliphatic heterocycles. The zero-order valence-corrected chi connectivity index (χ0v) is 6.91. The van der Waals surface area contributed by atoms with Gasteiger partial charge in [0.2, 0.25) is 0 Å². The number of nitriles is 1. The van der Waals surface area contributed by atoms with Crippen molar-refractivity contribution in [1.29, 1.82) is 5.26 Å². The summed E-state index contributed by atoms with van der Waals surface area (Å²) in [5.74, 6) is -0.321. The first-order chi connectivity index (χ1) is 6.31. The number of ether oxygens (including phenoxy) is 1. The van der Waals surface area contributed by atoms with Gasteiger partial charge >= 0.3 is 5.97 Å². The number of carbonyl (C=O) groups excluding carboxylic acids is 1. The number of cyclic esters (lactones) is 1. The molecule has 64 valence electrons. The van der Waals surface area contributed by atoms with Gasteiger partial charge in [-0.1, -0.05) is 6.07 Å². The molecule has 0 aliphatic carbocycles. The summed E-state index contributed by atoms with van der Waals surface area (Å²) in [7, 11) is 0. The van der Waals surface area contributed by atoms with Crippen molar-refractivity contribution in [2.75, 3.05) is 6.61 Å². The van der Waals surface area contributed by atoms with Gasteiger partial charge in [-0.15, -0.1) is 0 Å². The van der Waals surface area contributed by atoms with Gasteiger partial charge in [0, 0.05) is 6.42 Å². The molecule has 0 unspecified atom stereocenters. The van der Waals surface area contributed by atoms with E-state index in [0.717, 1.165) is 12.0 Å². The summed E-state index contributed by atoms with van der Waals surface area (Å²) in [6, 6.07) is 7.10. The number of hydrogen-bond acceptors (Lipinski definition) is 3. The molecule has 0 saturated heterocycles.